The standard InChI is InChI=1S/C26H27N5O5.H2O/c1-35-25-19(3-2-10-27-25)17-4-6-21-20(13-17)23(30-29-21)24(32)28-14-16-8-11-31(12-9-16)15-18-5-7-22(36-18)26(33)34;/h2-7,10,13,16H,8-9,11-12,14-15H2,1H3,(H,28,32)(H,29,30)(H,33,34);1H2. The van der Waals surface area contributed by atoms with Crippen LogP contribution in [-0.2, 0) is 6.54 Å². The minimum Gasteiger partial charge on any atom is -0.481 e. The highest BCUT2D eigenvalue weighted by molar-refractivity contribution is 6.05. The number of furan rings is 1. The van der Waals surface area contributed by atoms with Crippen LogP contribution in [0.4, 0.5) is 0 Å². The summed E-state index contributed by atoms with van der Waals surface area (Å²) in [7, 11) is 1.58. The highest BCUT2D eigenvalue weighted by Crippen LogP contribution is 2.30. The number of fused-ring (bicyclic) bond motifs is 1. The maximum absolute atomic E-state index is 13.0. The van der Waals surface area contributed by atoms with E-state index in [0.717, 1.165) is 48.0 Å². The number of benzene rings is 1. The average Bonchev–Trinajstić information content (AvgIpc) is 3.55. The Hall–Kier alpha value is -4.22. The van der Waals surface area contributed by atoms with Gasteiger partial charge in [0.05, 0.1) is 19.2 Å². The summed E-state index contributed by atoms with van der Waals surface area (Å²) in [6.45, 7) is 2.85. The second-order valence-electron chi connectivity index (χ2n) is 8.89. The van der Waals surface area contributed by atoms with Gasteiger partial charge in [0.1, 0.15) is 5.76 Å². The van der Waals surface area contributed by atoms with Crippen LogP contribution in [-0.4, -0.2) is 69.3 Å². The van der Waals surface area contributed by atoms with Gasteiger partial charge in [0.25, 0.3) is 5.91 Å². The van der Waals surface area contributed by atoms with Gasteiger partial charge in [-0.25, -0.2) is 9.78 Å². The number of H-pyrrole nitrogens is 1. The van der Waals surface area contributed by atoms with Crippen LogP contribution >= 0.6 is 0 Å². The van der Waals surface area contributed by atoms with Crippen LogP contribution in [0.15, 0.2) is 53.1 Å². The van der Waals surface area contributed by atoms with Crippen molar-refractivity contribution in [2.45, 2.75) is 19.4 Å². The van der Waals surface area contributed by atoms with Crippen molar-refractivity contribution in [3.8, 4) is 17.0 Å². The molecule has 1 aromatic carbocycles. The van der Waals surface area contributed by atoms with E-state index in [-0.39, 0.29) is 17.1 Å². The quantitative estimate of drug-likeness (QED) is 0.327. The molecule has 0 aliphatic carbocycles. The largest absolute Gasteiger partial charge is 0.481 e. The van der Waals surface area contributed by atoms with Gasteiger partial charge in [-0.2, -0.15) is 5.10 Å². The maximum Gasteiger partial charge on any atom is 0.371 e. The molecule has 11 nitrogen and oxygen atoms in total. The van der Waals surface area contributed by atoms with Gasteiger partial charge < -0.3 is 25.1 Å². The van der Waals surface area contributed by atoms with Crippen molar-refractivity contribution in [2.75, 3.05) is 26.7 Å². The van der Waals surface area contributed by atoms with E-state index in [1.54, 1.807) is 19.4 Å². The molecule has 5 N–H and O–H groups in total. The molecule has 1 aliphatic rings. The molecule has 194 valence electrons. The molecule has 5 rings (SSSR count). The second-order valence-corrected chi connectivity index (χ2v) is 8.89. The van der Waals surface area contributed by atoms with E-state index >= 15 is 0 Å². The first-order valence-corrected chi connectivity index (χ1v) is 11.8. The van der Waals surface area contributed by atoms with E-state index in [2.05, 4.69) is 25.4 Å². The fourth-order valence-electron chi connectivity index (χ4n) is 4.60. The van der Waals surface area contributed by atoms with Gasteiger partial charge in [-0.15, -0.1) is 0 Å². The number of carbonyl (C=O) groups excluding carboxylic acids is 1. The van der Waals surface area contributed by atoms with E-state index in [4.69, 9.17) is 14.3 Å². The average molecular weight is 508 g/mol. The van der Waals surface area contributed by atoms with Crippen molar-refractivity contribution in [3.05, 3.63) is 65.9 Å². The summed E-state index contributed by atoms with van der Waals surface area (Å²) in [4.78, 5) is 30.5. The number of amides is 1. The Balaban J connectivity index is 0.00000320. The fraction of sp³-hybridized carbons (Fsp3) is 0.308. The molecule has 11 heteroatoms. The minimum atomic E-state index is -1.06. The van der Waals surface area contributed by atoms with E-state index < -0.39 is 5.97 Å². The lowest BCUT2D eigenvalue weighted by molar-refractivity contribution is 0.0656. The number of hydrogen-bond acceptors (Lipinski definition) is 7. The fourth-order valence-corrected chi connectivity index (χ4v) is 4.60. The minimum absolute atomic E-state index is 0. The summed E-state index contributed by atoms with van der Waals surface area (Å²) in [6, 6.07) is 12.7. The number of nitrogens with zero attached hydrogens (tertiary/aromatic N) is 3. The number of likely N-dealkylation sites (tertiary alicyclic amines) is 1. The number of carbonyl (C=O) groups is 2. The van der Waals surface area contributed by atoms with Crippen molar-refractivity contribution in [1.29, 1.82) is 0 Å². The monoisotopic (exact) mass is 507 g/mol. The third kappa shape index (κ3) is 5.63. The van der Waals surface area contributed by atoms with Crippen molar-refractivity contribution in [3.63, 3.8) is 0 Å². The highest BCUT2D eigenvalue weighted by Gasteiger charge is 2.22. The molecular weight excluding hydrogens is 478 g/mol. The Kier molecular flexibility index (Phi) is 7.85. The summed E-state index contributed by atoms with van der Waals surface area (Å²) < 4.78 is 10.7. The summed E-state index contributed by atoms with van der Waals surface area (Å²) in [6.07, 6.45) is 3.53. The molecule has 0 radical (unpaired) electrons. The van der Waals surface area contributed by atoms with E-state index in [0.29, 0.717) is 36.3 Å². The topological polar surface area (TPSA) is 165 Å². The molecule has 0 atom stereocenters. The molecular formula is C26H29N5O6. The summed E-state index contributed by atoms with van der Waals surface area (Å²) in [5.74, 6) is 0.209. The van der Waals surface area contributed by atoms with Crippen molar-refractivity contribution < 1.29 is 29.3 Å². The normalized spacial score (nSPS) is 14.3. The number of carboxylic acids is 1. The number of pyridine rings is 1. The van der Waals surface area contributed by atoms with E-state index in [1.165, 1.54) is 6.07 Å². The highest BCUT2D eigenvalue weighted by atomic mass is 16.5. The van der Waals surface area contributed by atoms with E-state index in [1.807, 2.05) is 30.3 Å². The van der Waals surface area contributed by atoms with Crippen LogP contribution in [0.25, 0.3) is 22.0 Å². The zero-order valence-electron chi connectivity index (χ0n) is 20.4. The second kappa shape index (κ2) is 11.2. The third-order valence-corrected chi connectivity index (χ3v) is 6.56. The predicted octanol–water partition coefficient (Wildman–Crippen LogP) is 2.74. The van der Waals surface area contributed by atoms with Crippen LogP contribution in [0.2, 0.25) is 0 Å². The molecule has 3 aromatic heterocycles. The molecule has 0 saturated carbocycles. The van der Waals surface area contributed by atoms with E-state index in [9.17, 15) is 9.59 Å². The van der Waals surface area contributed by atoms with Gasteiger partial charge >= 0.3 is 5.97 Å². The number of rotatable bonds is 8. The molecule has 1 amide bonds. The van der Waals surface area contributed by atoms with Crippen LogP contribution in [0.5, 0.6) is 5.88 Å². The van der Waals surface area contributed by atoms with Gasteiger partial charge in [0.2, 0.25) is 11.6 Å². The van der Waals surface area contributed by atoms with Gasteiger partial charge in [0.15, 0.2) is 5.69 Å². The van der Waals surface area contributed by atoms with Gasteiger partial charge in [-0.1, -0.05) is 6.07 Å². The molecule has 1 fully saturated rings. The van der Waals surface area contributed by atoms with Crippen molar-refractivity contribution in [2.24, 2.45) is 5.92 Å². The Labute approximate surface area is 212 Å². The van der Waals surface area contributed by atoms with Crippen molar-refractivity contribution in [1.82, 2.24) is 25.4 Å². The lowest BCUT2D eigenvalue weighted by Gasteiger charge is -2.31. The molecule has 1 aliphatic heterocycles. The third-order valence-electron chi connectivity index (χ3n) is 6.56. The number of aromatic nitrogens is 3. The number of aromatic amines is 1. The lowest BCUT2D eigenvalue weighted by atomic mass is 9.96. The molecule has 4 aromatic rings. The molecule has 0 spiro atoms. The number of nitrogens with one attached hydrogen (secondary N) is 2. The zero-order chi connectivity index (χ0) is 25.1. The molecule has 1 saturated heterocycles. The van der Waals surface area contributed by atoms with Crippen LogP contribution in [0, 0.1) is 5.92 Å². The zero-order valence-corrected chi connectivity index (χ0v) is 20.4. The Morgan fingerprint density at radius 1 is 1.22 bits per heavy atom. The first-order valence-electron chi connectivity index (χ1n) is 11.8. The molecule has 0 unspecified atom stereocenters. The molecule has 4 heterocycles. The summed E-state index contributed by atoms with van der Waals surface area (Å²) in [5, 5.41) is 20.0. The lowest BCUT2D eigenvalue weighted by Crippen LogP contribution is -2.38. The summed E-state index contributed by atoms with van der Waals surface area (Å²) >= 11 is 0. The van der Waals surface area contributed by atoms with Crippen molar-refractivity contribution >= 4 is 22.8 Å². The predicted molar refractivity (Wildman–Crippen MR) is 135 cm³/mol. The number of piperidine rings is 1. The number of methoxy groups -OCH3 is 1. The number of ether oxygens (including phenoxy) is 1. The maximum atomic E-state index is 13.0. The van der Waals surface area contributed by atoms with Gasteiger partial charge in [-0.3, -0.25) is 14.8 Å². The first-order chi connectivity index (χ1) is 17.5. The number of hydrogen-bond donors (Lipinski definition) is 3. The SMILES string of the molecule is COc1ncccc1-c1ccc2[nH]nc(C(=O)NCC3CCN(Cc4ccc(C(=O)O)o4)CC3)c2c1.O. The van der Waals surface area contributed by atoms with Crippen LogP contribution in [0.1, 0.15) is 39.6 Å². The molecule has 0 bridgehead atoms. The summed E-state index contributed by atoms with van der Waals surface area (Å²) in [5.41, 5.74) is 2.88. The number of carboxylic acid groups (broad SMARTS) is 1. The molecule has 37 heavy (non-hydrogen) atoms. The van der Waals surface area contributed by atoms with Gasteiger partial charge in [0, 0.05) is 23.7 Å². The van der Waals surface area contributed by atoms with Gasteiger partial charge in [-0.05, 0) is 73.8 Å². The Bertz CT molecular complexity index is 1390. The Morgan fingerprint density at radius 2 is 2.03 bits per heavy atom. The smallest absolute Gasteiger partial charge is 0.371 e. The Morgan fingerprint density at radius 3 is 2.76 bits per heavy atom. The van der Waals surface area contributed by atoms with Crippen LogP contribution < -0.4 is 10.1 Å². The first kappa shape index (κ1) is 25.9. The van der Waals surface area contributed by atoms with Crippen LogP contribution in [0.3, 0.4) is 0 Å². The number of aromatic carboxylic acids is 1.